The molecule has 1 amide bonds. The summed E-state index contributed by atoms with van der Waals surface area (Å²) in [5.74, 6) is -1.72. The third-order valence-corrected chi connectivity index (χ3v) is 6.81. The number of rotatable bonds is 9. The number of nitrogens with zero attached hydrogens (tertiary/aromatic N) is 1. The van der Waals surface area contributed by atoms with Gasteiger partial charge in [0, 0.05) is 22.8 Å². The number of hydrogen-bond acceptors (Lipinski definition) is 5. The molecule has 1 N–H and O–H groups in total. The quantitative estimate of drug-likeness (QED) is 0.433. The molecule has 0 unspecified atom stereocenters. The van der Waals surface area contributed by atoms with Gasteiger partial charge in [-0.2, -0.15) is 4.31 Å². The van der Waals surface area contributed by atoms with Crippen LogP contribution in [0.5, 0.6) is 0 Å². The fraction of sp³-hybridized carbons (Fsp3) is 0.167. The number of sulfonamides is 1. The predicted molar refractivity (Wildman–Crippen MR) is 126 cm³/mol. The molecule has 0 saturated carbocycles. The van der Waals surface area contributed by atoms with Crippen LogP contribution in [0.3, 0.4) is 0 Å². The molecule has 0 aliphatic rings. The highest BCUT2D eigenvalue weighted by atomic mass is 35.5. The van der Waals surface area contributed by atoms with Crippen LogP contribution >= 0.6 is 11.6 Å². The zero-order chi connectivity index (χ0) is 24.7. The minimum absolute atomic E-state index is 0.0835. The highest BCUT2D eigenvalue weighted by Crippen LogP contribution is 2.22. The Bertz CT molecular complexity index is 1270. The smallest absolute Gasteiger partial charge is 0.338 e. The Morgan fingerprint density at radius 1 is 1.00 bits per heavy atom. The van der Waals surface area contributed by atoms with Gasteiger partial charge in [0.2, 0.25) is 15.9 Å². The van der Waals surface area contributed by atoms with Crippen molar-refractivity contribution in [3.05, 3.63) is 94.8 Å². The number of benzene rings is 3. The van der Waals surface area contributed by atoms with E-state index in [0.717, 1.165) is 4.31 Å². The molecule has 0 saturated heterocycles. The van der Waals surface area contributed by atoms with Crippen molar-refractivity contribution in [3.63, 3.8) is 0 Å². The Morgan fingerprint density at radius 3 is 2.26 bits per heavy atom. The molecule has 34 heavy (non-hydrogen) atoms. The number of halogens is 2. The molecule has 178 valence electrons. The first kappa shape index (κ1) is 25.4. The molecular formula is C24H22ClFN2O5S. The highest BCUT2D eigenvalue weighted by Gasteiger charge is 2.28. The first-order chi connectivity index (χ1) is 16.2. The van der Waals surface area contributed by atoms with Crippen LogP contribution in [0.4, 0.5) is 10.1 Å². The maximum Gasteiger partial charge on any atom is 0.338 e. The van der Waals surface area contributed by atoms with E-state index in [2.05, 4.69) is 5.32 Å². The number of ether oxygens (including phenoxy) is 1. The molecule has 3 aromatic carbocycles. The summed E-state index contributed by atoms with van der Waals surface area (Å²) in [5, 5.41) is 2.94. The van der Waals surface area contributed by atoms with Gasteiger partial charge in [0.15, 0.2) is 0 Å². The summed E-state index contributed by atoms with van der Waals surface area (Å²) >= 11 is 5.86. The van der Waals surface area contributed by atoms with Crippen molar-refractivity contribution in [2.75, 3.05) is 18.5 Å². The number of carbonyl (C=O) groups excluding carboxylic acids is 2. The lowest BCUT2D eigenvalue weighted by Gasteiger charge is -2.22. The largest absolute Gasteiger partial charge is 0.462 e. The SMILES string of the molecule is CCOC(=O)c1ccc(NC(=O)CN(Cc2ccccc2F)S(=O)(=O)c2ccc(Cl)cc2)cc1. The summed E-state index contributed by atoms with van der Waals surface area (Å²) < 4.78 is 46.6. The molecule has 0 atom stereocenters. The number of hydrogen-bond donors (Lipinski definition) is 1. The maximum atomic E-state index is 14.3. The van der Waals surface area contributed by atoms with Crippen molar-refractivity contribution in [2.24, 2.45) is 0 Å². The number of anilines is 1. The van der Waals surface area contributed by atoms with Crippen molar-refractivity contribution >= 4 is 39.2 Å². The summed E-state index contributed by atoms with van der Waals surface area (Å²) in [6, 6.07) is 17.2. The first-order valence-corrected chi connectivity index (χ1v) is 12.1. The summed E-state index contributed by atoms with van der Waals surface area (Å²) in [4.78, 5) is 24.4. The molecule has 0 spiro atoms. The van der Waals surface area contributed by atoms with E-state index in [1.807, 2.05) is 0 Å². The van der Waals surface area contributed by atoms with Crippen LogP contribution in [-0.4, -0.2) is 37.8 Å². The second-order valence-electron chi connectivity index (χ2n) is 7.16. The van der Waals surface area contributed by atoms with E-state index in [9.17, 15) is 22.4 Å². The van der Waals surface area contributed by atoms with Crippen LogP contribution in [0, 0.1) is 5.82 Å². The van der Waals surface area contributed by atoms with E-state index in [1.54, 1.807) is 13.0 Å². The van der Waals surface area contributed by atoms with Crippen molar-refractivity contribution < 1.29 is 27.1 Å². The lowest BCUT2D eigenvalue weighted by Crippen LogP contribution is -2.37. The minimum atomic E-state index is -4.16. The second kappa shape index (κ2) is 11.2. The van der Waals surface area contributed by atoms with Crippen LogP contribution < -0.4 is 5.32 Å². The molecular weight excluding hydrogens is 483 g/mol. The number of amides is 1. The van der Waals surface area contributed by atoms with Gasteiger partial charge in [0.25, 0.3) is 0 Å². The van der Waals surface area contributed by atoms with E-state index in [0.29, 0.717) is 16.3 Å². The van der Waals surface area contributed by atoms with E-state index in [1.165, 1.54) is 66.7 Å². The molecule has 0 fully saturated rings. The lowest BCUT2D eigenvalue weighted by molar-refractivity contribution is -0.116. The molecule has 7 nitrogen and oxygen atoms in total. The summed E-state index contributed by atoms with van der Waals surface area (Å²) in [5.41, 5.74) is 0.783. The van der Waals surface area contributed by atoms with E-state index >= 15 is 0 Å². The first-order valence-electron chi connectivity index (χ1n) is 10.3. The zero-order valence-electron chi connectivity index (χ0n) is 18.2. The zero-order valence-corrected chi connectivity index (χ0v) is 19.8. The van der Waals surface area contributed by atoms with Crippen LogP contribution in [-0.2, 0) is 26.1 Å². The Kier molecular flexibility index (Phi) is 8.38. The molecule has 0 radical (unpaired) electrons. The molecule has 3 aromatic rings. The summed E-state index contributed by atoms with van der Waals surface area (Å²) in [7, 11) is -4.16. The molecule has 0 aromatic heterocycles. The predicted octanol–water partition coefficient (Wildman–Crippen LogP) is 4.49. The topological polar surface area (TPSA) is 92.8 Å². The summed E-state index contributed by atoms with van der Waals surface area (Å²) in [6.45, 7) is 1.00. The van der Waals surface area contributed by atoms with Gasteiger partial charge in [-0.1, -0.05) is 29.8 Å². The van der Waals surface area contributed by atoms with Crippen LogP contribution in [0.2, 0.25) is 5.02 Å². The van der Waals surface area contributed by atoms with Gasteiger partial charge < -0.3 is 10.1 Å². The molecule has 10 heteroatoms. The minimum Gasteiger partial charge on any atom is -0.462 e. The van der Waals surface area contributed by atoms with Crippen molar-refractivity contribution in [1.82, 2.24) is 4.31 Å². The summed E-state index contributed by atoms with van der Waals surface area (Å²) in [6.07, 6.45) is 0. The van der Waals surface area contributed by atoms with Crippen molar-refractivity contribution in [1.29, 1.82) is 0 Å². The van der Waals surface area contributed by atoms with Crippen molar-refractivity contribution in [3.8, 4) is 0 Å². The Morgan fingerprint density at radius 2 is 1.65 bits per heavy atom. The van der Waals surface area contributed by atoms with E-state index in [4.69, 9.17) is 16.3 Å². The molecule has 0 aliphatic carbocycles. The van der Waals surface area contributed by atoms with E-state index < -0.39 is 34.3 Å². The Balaban J connectivity index is 1.82. The molecule has 0 heterocycles. The molecule has 0 aliphatic heterocycles. The van der Waals surface area contributed by atoms with Crippen LogP contribution in [0.1, 0.15) is 22.8 Å². The standard InChI is InChI=1S/C24H22ClFN2O5S/c1-2-33-24(30)17-7-11-20(12-8-17)27-23(29)16-28(15-18-5-3-4-6-22(18)26)34(31,32)21-13-9-19(25)10-14-21/h3-14H,2,15-16H2,1H3,(H,27,29). The number of carbonyl (C=O) groups is 2. The van der Waals surface area contributed by atoms with Gasteiger partial charge in [-0.05, 0) is 61.5 Å². The van der Waals surface area contributed by atoms with E-state index in [-0.39, 0.29) is 23.6 Å². The van der Waals surface area contributed by atoms with Gasteiger partial charge in [-0.15, -0.1) is 0 Å². The van der Waals surface area contributed by atoms with Gasteiger partial charge in [0.1, 0.15) is 5.82 Å². The normalized spacial score (nSPS) is 11.3. The highest BCUT2D eigenvalue weighted by molar-refractivity contribution is 7.89. The van der Waals surface area contributed by atoms with Gasteiger partial charge in [0.05, 0.1) is 23.6 Å². The maximum absolute atomic E-state index is 14.3. The van der Waals surface area contributed by atoms with Crippen LogP contribution in [0.15, 0.2) is 77.7 Å². The van der Waals surface area contributed by atoms with Crippen LogP contribution in [0.25, 0.3) is 0 Å². The Hall–Kier alpha value is -3.27. The third-order valence-electron chi connectivity index (χ3n) is 4.76. The number of esters is 1. The van der Waals surface area contributed by atoms with Gasteiger partial charge in [-0.25, -0.2) is 17.6 Å². The average molecular weight is 505 g/mol. The molecule has 0 bridgehead atoms. The monoisotopic (exact) mass is 504 g/mol. The Labute approximate surface area is 202 Å². The van der Waals surface area contributed by atoms with Gasteiger partial charge >= 0.3 is 5.97 Å². The van der Waals surface area contributed by atoms with Crippen molar-refractivity contribution in [2.45, 2.75) is 18.4 Å². The fourth-order valence-electron chi connectivity index (χ4n) is 3.06. The second-order valence-corrected chi connectivity index (χ2v) is 9.54. The molecule has 3 rings (SSSR count). The lowest BCUT2D eigenvalue weighted by atomic mass is 10.2. The number of nitrogens with one attached hydrogen (secondary N) is 1. The third kappa shape index (κ3) is 6.40. The fourth-order valence-corrected chi connectivity index (χ4v) is 4.56. The average Bonchev–Trinajstić information content (AvgIpc) is 2.81. The van der Waals surface area contributed by atoms with Gasteiger partial charge in [-0.3, -0.25) is 4.79 Å².